The number of amides is 1. The second-order valence-corrected chi connectivity index (χ2v) is 4.32. The van der Waals surface area contributed by atoms with Crippen LogP contribution in [0, 0.1) is 6.92 Å². The number of nitrogens with one attached hydrogen (secondary N) is 1. The first-order chi connectivity index (χ1) is 8.53. The Labute approximate surface area is 106 Å². The Morgan fingerprint density at radius 2 is 2.00 bits per heavy atom. The molecule has 0 bridgehead atoms. The van der Waals surface area contributed by atoms with Gasteiger partial charge in [-0.3, -0.25) is 4.79 Å². The van der Waals surface area contributed by atoms with Crippen molar-refractivity contribution in [3.63, 3.8) is 0 Å². The Morgan fingerprint density at radius 1 is 1.39 bits per heavy atom. The summed E-state index contributed by atoms with van der Waals surface area (Å²) in [5.41, 5.74) is -0.0469. The molecule has 0 aliphatic rings. The molecular weight excluding hydrogens is 236 g/mol. The van der Waals surface area contributed by atoms with Crippen LogP contribution in [0.1, 0.15) is 42.1 Å². The van der Waals surface area contributed by atoms with Crippen molar-refractivity contribution in [2.75, 3.05) is 13.2 Å². The first kappa shape index (κ1) is 14.7. The maximum Gasteiger partial charge on any atom is 0.257 e. The maximum absolute atomic E-state index is 12.2. The number of aryl methyl sites for hydroxylation is 2. The lowest BCUT2D eigenvalue weighted by Gasteiger charge is -2.29. The minimum absolute atomic E-state index is 0.322. The van der Waals surface area contributed by atoms with E-state index in [4.69, 9.17) is 4.52 Å². The van der Waals surface area contributed by atoms with Crippen LogP contribution >= 0.6 is 0 Å². The summed E-state index contributed by atoms with van der Waals surface area (Å²) in [6, 6.07) is 0. The van der Waals surface area contributed by atoms with Gasteiger partial charge in [-0.1, -0.05) is 19.0 Å². The van der Waals surface area contributed by atoms with Gasteiger partial charge < -0.3 is 20.1 Å². The van der Waals surface area contributed by atoms with Crippen LogP contribution in [-0.4, -0.2) is 40.0 Å². The summed E-state index contributed by atoms with van der Waals surface area (Å²) in [6.45, 7) is 4.68. The fourth-order valence-electron chi connectivity index (χ4n) is 1.69. The summed E-state index contributed by atoms with van der Waals surface area (Å²) in [4.78, 5) is 12.2. The molecule has 0 saturated heterocycles. The van der Waals surface area contributed by atoms with E-state index in [2.05, 4.69) is 10.5 Å². The van der Waals surface area contributed by atoms with Crippen molar-refractivity contribution in [2.24, 2.45) is 0 Å². The molecule has 18 heavy (non-hydrogen) atoms. The molecule has 0 fully saturated rings. The topological polar surface area (TPSA) is 95.6 Å². The summed E-state index contributed by atoms with van der Waals surface area (Å²) in [5, 5.41) is 25.1. The lowest BCUT2D eigenvalue weighted by Crippen LogP contribution is -2.54. The zero-order valence-corrected chi connectivity index (χ0v) is 11.0. The smallest absolute Gasteiger partial charge is 0.257 e. The van der Waals surface area contributed by atoms with Crippen molar-refractivity contribution in [3.05, 3.63) is 17.0 Å². The van der Waals surface area contributed by atoms with Crippen molar-refractivity contribution in [1.82, 2.24) is 10.5 Å². The zero-order valence-electron chi connectivity index (χ0n) is 11.0. The SMILES string of the molecule is CCc1noc(C)c1C(=O)NC(CC)(CO)CO. The van der Waals surface area contributed by atoms with E-state index in [1.54, 1.807) is 13.8 Å². The van der Waals surface area contributed by atoms with E-state index in [0.29, 0.717) is 29.9 Å². The Balaban J connectivity index is 2.97. The first-order valence-corrected chi connectivity index (χ1v) is 6.03. The van der Waals surface area contributed by atoms with E-state index < -0.39 is 5.54 Å². The Morgan fingerprint density at radius 3 is 2.44 bits per heavy atom. The number of rotatable bonds is 6. The average molecular weight is 256 g/mol. The van der Waals surface area contributed by atoms with E-state index >= 15 is 0 Å². The van der Waals surface area contributed by atoms with Gasteiger partial charge in [0.25, 0.3) is 5.91 Å². The van der Waals surface area contributed by atoms with Gasteiger partial charge >= 0.3 is 0 Å². The van der Waals surface area contributed by atoms with E-state index in [9.17, 15) is 15.0 Å². The fraction of sp³-hybridized carbons (Fsp3) is 0.667. The standard InChI is InChI=1S/C12H20N2O4/c1-4-9-10(8(3)18-14-9)11(17)13-12(5-2,6-15)7-16/h15-16H,4-7H2,1-3H3,(H,13,17). The number of hydrogen-bond donors (Lipinski definition) is 3. The molecule has 1 rings (SSSR count). The van der Waals surface area contributed by atoms with Crippen LogP contribution in [0.15, 0.2) is 4.52 Å². The molecule has 0 spiro atoms. The van der Waals surface area contributed by atoms with Crippen LogP contribution in [0.25, 0.3) is 0 Å². The number of aliphatic hydroxyl groups is 2. The molecular formula is C12H20N2O4. The lowest BCUT2D eigenvalue weighted by molar-refractivity contribution is 0.0651. The molecule has 0 saturated carbocycles. The number of hydrogen-bond acceptors (Lipinski definition) is 5. The van der Waals surface area contributed by atoms with Crippen molar-refractivity contribution in [2.45, 2.75) is 39.2 Å². The number of nitrogens with zero attached hydrogens (tertiary/aromatic N) is 1. The maximum atomic E-state index is 12.2. The number of carbonyl (C=O) groups is 1. The highest BCUT2D eigenvalue weighted by molar-refractivity contribution is 5.96. The summed E-state index contributed by atoms with van der Waals surface area (Å²) >= 11 is 0. The Bertz CT molecular complexity index is 402. The summed E-state index contributed by atoms with van der Waals surface area (Å²) < 4.78 is 4.99. The number of aromatic nitrogens is 1. The second-order valence-electron chi connectivity index (χ2n) is 4.32. The Kier molecular flexibility index (Phi) is 4.86. The van der Waals surface area contributed by atoms with Gasteiger partial charge in [0.2, 0.25) is 0 Å². The minimum Gasteiger partial charge on any atom is -0.394 e. The van der Waals surface area contributed by atoms with E-state index in [-0.39, 0.29) is 19.1 Å². The van der Waals surface area contributed by atoms with Gasteiger partial charge in [0.05, 0.1) is 24.4 Å². The molecule has 1 amide bonds. The van der Waals surface area contributed by atoms with Gasteiger partial charge in [0, 0.05) is 0 Å². The van der Waals surface area contributed by atoms with Gasteiger partial charge in [-0.05, 0) is 19.8 Å². The van der Waals surface area contributed by atoms with Gasteiger partial charge in [-0.25, -0.2) is 0 Å². The summed E-state index contributed by atoms with van der Waals surface area (Å²) in [7, 11) is 0. The quantitative estimate of drug-likeness (QED) is 0.685. The van der Waals surface area contributed by atoms with Gasteiger partial charge in [-0.15, -0.1) is 0 Å². The van der Waals surface area contributed by atoms with Gasteiger partial charge in [-0.2, -0.15) is 0 Å². The highest BCUT2D eigenvalue weighted by Crippen LogP contribution is 2.16. The summed E-state index contributed by atoms with van der Waals surface area (Å²) in [6.07, 6.45) is 1.01. The number of aliphatic hydroxyl groups excluding tert-OH is 2. The third kappa shape index (κ3) is 2.70. The van der Waals surface area contributed by atoms with Crippen molar-refractivity contribution in [3.8, 4) is 0 Å². The van der Waals surface area contributed by atoms with Crippen molar-refractivity contribution in [1.29, 1.82) is 0 Å². The molecule has 0 aliphatic carbocycles. The Hall–Kier alpha value is -1.40. The molecule has 0 unspecified atom stereocenters. The lowest BCUT2D eigenvalue weighted by atomic mass is 9.97. The molecule has 6 nitrogen and oxygen atoms in total. The predicted octanol–water partition coefficient (Wildman–Crippen LogP) is 0.409. The third-order valence-electron chi connectivity index (χ3n) is 3.16. The van der Waals surface area contributed by atoms with E-state index in [1.807, 2.05) is 6.92 Å². The minimum atomic E-state index is -1.01. The second kappa shape index (κ2) is 5.97. The average Bonchev–Trinajstić information content (AvgIpc) is 2.77. The van der Waals surface area contributed by atoms with Crippen LogP contribution in [0.5, 0.6) is 0 Å². The molecule has 102 valence electrons. The number of carbonyl (C=O) groups excluding carboxylic acids is 1. The molecule has 6 heteroatoms. The molecule has 0 aliphatic heterocycles. The molecule has 1 aromatic heterocycles. The molecule has 1 heterocycles. The molecule has 1 aromatic rings. The monoisotopic (exact) mass is 256 g/mol. The van der Waals surface area contributed by atoms with E-state index in [0.717, 1.165) is 0 Å². The van der Waals surface area contributed by atoms with Crippen LogP contribution < -0.4 is 5.32 Å². The van der Waals surface area contributed by atoms with Crippen LogP contribution in [0.3, 0.4) is 0 Å². The highest BCUT2D eigenvalue weighted by Gasteiger charge is 2.31. The first-order valence-electron chi connectivity index (χ1n) is 6.03. The molecule has 0 atom stereocenters. The third-order valence-corrected chi connectivity index (χ3v) is 3.16. The van der Waals surface area contributed by atoms with Crippen LogP contribution in [-0.2, 0) is 6.42 Å². The van der Waals surface area contributed by atoms with Crippen molar-refractivity contribution < 1.29 is 19.5 Å². The van der Waals surface area contributed by atoms with Gasteiger partial charge in [0.1, 0.15) is 11.3 Å². The molecule has 3 N–H and O–H groups in total. The zero-order chi connectivity index (χ0) is 13.8. The van der Waals surface area contributed by atoms with Crippen molar-refractivity contribution >= 4 is 5.91 Å². The van der Waals surface area contributed by atoms with Gasteiger partial charge in [0.15, 0.2) is 0 Å². The van der Waals surface area contributed by atoms with Crippen LogP contribution in [0.4, 0.5) is 0 Å². The predicted molar refractivity (Wildman–Crippen MR) is 65.3 cm³/mol. The summed E-state index contributed by atoms with van der Waals surface area (Å²) in [5.74, 6) is 0.0563. The fourth-order valence-corrected chi connectivity index (χ4v) is 1.69. The molecule has 0 radical (unpaired) electrons. The normalized spacial score (nSPS) is 11.6. The van der Waals surface area contributed by atoms with E-state index in [1.165, 1.54) is 0 Å². The largest absolute Gasteiger partial charge is 0.394 e. The highest BCUT2D eigenvalue weighted by atomic mass is 16.5. The van der Waals surface area contributed by atoms with Crippen LogP contribution in [0.2, 0.25) is 0 Å². The molecule has 0 aromatic carbocycles.